The van der Waals surface area contributed by atoms with Gasteiger partial charge < -0.3 is 10.1 Å². The molecular weight excluding hydrogens is 387 g/mol. The summed E-state index contributed by atoms with van der Waals surface area (Å²) < 4.78 is 20.4. The summed E-state index contributed by atoms with van der Waals surface area (Å²) in [5.74, 6) is 0.0453. The maximum Gasteiger partial charge on any atom is 0.267 e. The molecule has 0 aliphatic rings. The van der Waals surface area contributed by atoms with E-state index in [9.17, 15) is 14.0 Å². The van der Waals surface area contributed by atoms with E-state index >= 15 is 0 Å². The van der Waals surface area contributed by atoms with Gasteiger partial charge >= 0.3 is 0 Å². The first-order chi connectivity index (χ1) is 14.5. The van der Waals surface area contributed by atoms with Crippen LogP contribution >= 0.6 is 0 Å². The molecule has 4 rings (SSSR count). The van der Waals surface area contributed by atoms with E-state index in [1.54, 1.807) is 55.7 Å². The number of rotatable bonds is 5. The molecule has 30 heavy (non-hydrogen) atoms. The number of aromatic nitrogens is 3. The number of fused-ring (bicyclic) bond motifs is 1. The number of anilines is 1. The number of benzene rings is 2. The molecule has 8 heteroatoms. The predicted molar refractivity (Wildman–Crippen MR) is 110 cm³/mol. The van der Waals surface area contributed by atoms with Crippen LogP contribution in [0.4, 0.5) is 10.1 Å². The number of aryl methyl sites for hydroxylation is 1. The monoisotopic (exact) mass is 404 g/mol. The lowest BCUT2D eigenvalue weighted by Crippen LogP contribution is -2.29. The maximum atomic E-state index is 13.5. The van der Waals surface area contributed by atoms with Crippen LogP contribution in [0.5, 0.6) is 11.5 Å². The third-order valence-electron chi connectivity index (χ3n) is 4.37. The second kappa shape index (κ2) is 8.12. The van der Waals surface area contributed by atoms with Gasteiger partial charge in [0.2, 0.25) is 5.91 Å². The minimum atomic E-state index is -0.404. The van der Waals surface area contributed by atoms with Crippen molar-refractivity contribution in [3.05, 3.63) is 88.9 Å². The fourth-order valence-electron chi connectivity index (χ4n) is 3.01. The SMILES string of the molecule is Cc1ccc(=O)n(CC(=O)Nc2ccc(Oc3cccc(F)c3)c3ccncc23)n1. The number of carbonyl (C=O) groups is 1. The summed E-state index contributed by atoms with van der Waals surface area (Å²) in [4.78, 5) is 28.5. The standard InChI is InChI=1S/C22H17FN4O3/c1-14-5-8-22(29)27(26-14)13-21(28)25-19-6-7-20(17-9-10-24-12-18(17)19)30-16-4-2-3-15(23)11-16/h2-12H,13H2,1H3,(H,25,28). The largest absolute Gasteiger partial charge is 0.457 e. The Balaban J connectivity index is 1.61. The first-order valence-electron chi connectivity index (χ1n) is 9.14. The molecule has 0 atom stereocenters. The molecule has 0 aliphatic carbocycles. The molecule has 150 valence electrons. The third-order valence-corrected chi connectivity index (χ3v) is 4.37. The fourth-order valence-corrected chi connectivity index (χ4v) is 3.01. The Morgan fingerprint density at radius 1 is 1.13 bits per heavy atom. The lowest BCUT2D eigenvalue weighted by Gasteiger charge is -2.13. The first-order valence-corrected chi connectivity index (χ1v) is 9.14. The zero-order chi connectivity index (χ0) is 21.1. The molecule has 0 radical (unpaired) electrons. The molecule has 2 aromatic carbocycles. The van der Waals surface area contributed by atoms with E-state index in [1.165, 1.54) is 18.2 Å². The van der Waals surface area contributed by atoms with Gasteiger partial charge in [-0.3, -0.25) is 14.6 Å². The molecule has 1 amide bonds. The third kappa shape index (κ3) is 4.17. The van der Waals surface area contributed by atoms with Crippen LogP contribution in [0.2, 0.25) is 0 Å². The van der Waals surface area contributed by atoms with Crippen LogP contribution in [-0.4, -0.2) is 20.7 Å². The van der Waals surface area contributed by atoms with E-state index in [0.717, 1.165) is 4.68 Å². The highest BCUT2D eigenvalue weighted by Gasteiger charge is 2.12. The molecule has 0 aliphatic heterocycles. The Labute approximate surface area is 170 Å². The molecule has 0 unspecified atom stereocenters. The zero-order valence-electron chi connectivity index (χ0n) is 16.0. The fraction of sp³-hybridized carbons (Fsp3) is 0.0909. The van der Waals surface area contributed by atoms with Crippen LogP contribution in [0.25, 0.3) is 10.8 Å². The number of halogens is 1. The molecule has 0 fully saturated rings. The van der Waals surface area contributed by atoms with Gasteiger partial charge in [-0.05, 0) is 43.3 Å². The number of amides is 1. The molecule has 2 heterocycles. The highest BCUT2D eigenvalue weighted by molar-refractivity contribution is 6.03. The number of ether oxygens (including phenoxy) is 1. The first kappa shape index (κ1) is 19.3. The van der Waals surface area contributed by atoms with E-state index < -0.39 is 11.7 Å². The molecule has 4 aromatic rings. The van der Waals surface area contributed by atoms with Gasteiger partial charge in [0.25, 0.3) is 5.56 Å². The second-order valence-electron chi connectivity index (χ2n) is 6.61. The van der Waals surface area contributed by atoms with Crippen LogP contribution < -0.4 is 15.6 Å². The van der Waals surface area contributed by atoms with Crippen LogP contribution in [-0.2, 0) is 11.3 Å². The molecule has 1 N–H and O–H groups in total. The van der Waals surface area contributed by atoms with Gasteiger partial charge in [0.05, 0.1) is 11.4 Å². The van der Waals surface area contributed by atoms with Crippen LogP contribution in [0.15, 0.2) is 71.8 Å². The molecule has 0 saturated carbocycles. The highest BCUT2D eigenvalue weighted by atomic mass is 19.1. The summed E-state index contributed by atoms with van der Waals surface area (Å²) in [6.45, 7) is 1.52. The second-order valence-corrected chi connectivity index (χ2v) is 6.61. The summed E-state index contributed by atoms with van der Waals surface area (Å²) in [6.07, 6.45) is 3.20. The summed E-state index contributed by atoms with van der Waals surface area (Å²) in [5.41, 5.74) is 0.785. The molecule has 0 bridgehead atoms. The van der Waals surface area contributed by atoms with Gasteiger partial charge in [0.15, 0.2) is 0 Å². The molecule has 0 spiro atoms. The van der Waals surface area contributed by atoms with Gasteiger partial charge in [0.1, 0.15) is 23.9 Å². The van der Waals surface area contributed by atoms with Crippen molar-refractivity contribution in [3.63, 3.8) is 0 Å². The van der Waals surface area contributed by atoms with Crippen LogP contribution in [0, 0.1) is 12.7 Å². The Bertz CT molecular complexity index is 1300. The summed E-state index contributed by atoms with van der Waals surface area (Å²) in [7, 11) is 0. The van der Waals surface area contributed by atoms with E-state index in [2.05, 4.69) is 15.4 Å². The van der Waals surface area contributed by atoms with Crippen molar-refractivity contribution >= 4 is 22.4 Å². The van der Waals surface area contributed by atoms with Crippen molar-refractivity contribution in [2.24, 2.45) is 0 Å². The van der Waals surface area contributed by atoms with Crippen molar-refractivity contribution in [2.45, 2.75) is 13.5 Å². The summed E-state index contributed by atoms with van der Waals surface area (Å²) >= 11 is 0. The Morgan fingerprint density at radius 2 is 2.00 bits per heavy atom. The molecular formula is C22H17FN4O3. The Kier molecular flexibility index (Phi) is 5.21. The molecule has 2 aromatic heterocycles. The molecule has 0 saturated heterocycles. The summed E-state index contributed by atoms with van der Waals surface area (Å²) in [5, 5.41) is 8.19. The average molecular weight is 404 g/mol. The smallest absolute Gasteiger partial charge is 0.267 e. The van der Waals surface area contributed by atoms with E-state index in [1.807, 2.05) is 0 Å². The van der Waals surface area contributed by atoms with Crippen molar-refractivity contribution < 1.29 is 13.9 Å². The Hall–Kier alpha value is -4.07. The highest BCUT2D eigenvalue weighted by Crippen LogP contribution is 2.34. The van der Waals surface area contributed by atoms with E-state index in [-0.39, 0.29) is 12.1 Å². The normalized spacial score (nSPS) is 10.7. The van der Waals surface area contributed by atoms with Crippen molar-refractivity contribution in [1.82, 2.24) is 14.8 Å². The van der Waals surface area contributed by atoms with Crippen LogP contribution in [0.3, 0.4) is 0 Å². The minimum Gasteiger partial charge on any atom is -0.457 e. The predicted octanol–water partition coefficient (Wildman–Crippen LogP) is 3.67. The topological polar surface area (TPSA) is 86.1 Å². The number of carbonyl (C=O) groups excluding carboxylic acids is 1. The van der Waals surface area contributed by atoms with Crippen molar-refractivity contribution in [2.75, 3.05) is 5.32 Å². The average Bonchev–Trinajstić information content (AvgIpc) is 2.72. The van der Waals surface area contributed by atoms with Gasteiger partial charge in [-0.15, -0.1) is 0 Å². The van der Waals surface area contributed by atoms with Gasteiger partial charge in [-0.2, -0.15) is 5.10 Å². The Morgan fingerprint density at radius 3 is 2.83 bits per heavy atom. The molecule has 7 nitrogen and oxygen atoms in total. The number of hydrogen-bond donors (Lipinski definition) is 1. The van der Waals surface area contributed by atoms with Crippen molar-refractivity contribution in [3.8, 4) is 11.5 Å². The number of pyridine rings is 1. The van der Waals surface area contributed by atoms with E-state index in [4.69, 9.17) is 4.74 Å². The zero-order valence-corrected chi connectivity index (χ0v) is 16.0. The number of nitrogens with zero attached hydrogens (tertiary/aromatic N) is 3. The van der Waals surface area contributed by atoms with Crippen molar-refractivity contribution in [1.29, 1.82) is 0 Å². The van der Waals surface area contributed by atoms with Crippen LogP contribution in [0.1, 0.15) is 5.69 Å². The lowest BCUT2D eigenvalue weighted by molar-refractivity contribution is -0.117. The minimum absolute atomic E-state index is 0.218. The van der Waals surface area contributed by atoms with Gasteiger partial charge in [0, 0.05) is 35.3 Å². The van der Waals surface area contributed by atoms with E-state index in [0.29, 0.717) is 33.7 Å². The number of nitrogens with one attached hydrogen (secondary N) is 1. The lowest BCUT2D eigenvalue weighted by atomic mass is 10.1. The number of hydrogen-bond acceptors (Lipinski definition) is 5. The maximum absolute atomic E-state index is 13.5. The van der Waals surface area contributed by atoms with Gasteiger partial charge in [-0.25, -0.2) is 9.07 Å². The van der Waals surface area contributed by atoms with Gasteiger partial charge in [-0.1, -0.05) is 6.07 Å². The quantitative estimate of drug-likeness (QED) is 0.549. The summed E-state index contributed by atoms with van der Waals surface area (Å²) in [6, 6.07) is 13.9.